The second kappa shape index (κ2) is 10.4. The fraction of sp³-hybridized carbons (Fsp3) is 0.500. The Bertz CT molecular complexity index is 473. The van der Waals surface area contributed by atoms with Crippen LogP contribution in [-0.2, 0) is 27.4 Å². The lowest BCUT2D eigenvalue weighted by Crippen LogP contribution is -2.16. The molecule has 2 N–H and O–H groups in total. The monoisotopic (exact) mass is 295 g/mol. The molecule has 0 radical (unpaired) electrons. The van der Waals surface area contributed by atoms with Crippen molar-refractivity contribution in [3.8, 4) is 0 Å². The summed E-state index contributed by atoms with van der Waals surface area (Å²) in [5, 5.41) is 3.36. The van der Waals surface area contributed by atoms with Crippen LogP contribution in [0, 0.1) is 0 Å². The Kier molecular flexibility index (Phi) is 8.30. The van der Waals surface area contributed by atoms with Gasteiger partial charge in [-0.05, 0) is 17.2 Å². The smallest absolute Gasteiger partial charge is 0.404 e. The number of amides is 1. The average molecular weight is 295 g/mol. The third kappa shape index (κ3) is 8.43. The van der Waals surface area contributed by atoms with Crippen molar-refractivity contribution in [2.75, 3.05) is 26.4 Å². The molecule has 0 aromatic carbocycles. The van der Waals surface area contributed by atoms with Crippen LogP contribution in [0.25, 0.3) is 10.4 Å². The third-order valence-electron chi connectivity index (χ3n) is 2.28. The SMILES string of the molecule is [N-]=[N+]=NCCOCc1ccc(COCCOC(N)=O)cn1. The van der Waals surface area contributed by atoms with E-state index in [0.29, 0.717) is 26.4 Å². The normalized spacial score (nSPS) is 9.90. The molecule has 9 heteroatoms. The van der Waals surface area contributed by atoms with E-state index in [-0.39, 0.29) is 13.2 Å². The van der Waals surface area contributed by atoms with Crippen molar-refractivity contribution < 1.29 is 19.0 Å². The largest absolute Gasteiger partial charge is 0.447 e. The standard InChI is InChI=1S/C12H17N5O4/c13-12(18)21-6-5-20-8-10-1-2-11(15-7-10)9-19-4-3-16-17-14/h1-2,7H,3-6,8-9H2,(H2,13,18). The molecule has 1 aromatic heterocycles. The molecule has 0 bridgehead atoms. The summed E-state index contributed by atoms with van der Waals surface area (Å²) in [6, 6.07) is 3.69. The summed E-state index contributed by atoms with van der Waals surface area (Å²) in [5.74, 6) is 0. The lowest BCUT2D eigenvalue weighted by Gasteiger charge is -2.06. The molecule has 1 heterocycles. The number of aromatic nitrogens is 1. The zero-order valence-electron chi connectivity index (χ0n) is 11.5. The second-order valence-corrected chi connectivity index (χ2v) is 3.88. The van der Waals surface area contributed by atoms with Gasteiger partial charge in [-0.2, -0.15) is 0 Å². The molecule has 0 atom stereocenters. The molecule has 1 rings (SSSR count). The first kappa shape index (κ1) is 16.7. The van der Waals surface area contributed by atoms with Crippen molar-refractivity contribution in [1.82, 2.24) is 4.98 Å². The van der Waals surface area contributed by atoms with Gasteiger partial charge in [-0.1, -0.05) is 11.2 Å². The first-order chi connectivity index (χ1) is 10.2. The van der Waals surface area contributed by atoms with Crippen molar-refractivity contribution in [2.24, 2.45) is 10.8 Å². The number of primary amides is 1. The lowest BCUT2D eigenvalue weighted by molar-refractivity contribution is 0.0679. The van der Waals surface area contributed by atoms with Crippen LogP contribution >= 0.6 is 0 Å². The predicted molar refractivity (Wildman–Crippen MR) is 73.1 cm³/mol. The van der Waals surface area contributed by atoms with Crippen LogP contribution in [0.1, 0.15) is 11.3 Å². The minimum atomic E-state index is -0.815. The molecule has 9 nitrogen and oxygen atoms in total. The Balaban J connectivity index is 2.17. The highest BCUT2D eigenvalue weighted by atomic mass is 16.6. The molecule has 0 saturated heterocycles. The van der Waals surface area contributed by atoms with Crippen molar-refractivity contribution in [3.05, 3.63) is 40.0 Å². The molecule has 1 aromatic rings. The van der Waals surface area contributed by atoms with E-state index >= 15 is 0 Å². The number of rotatable bonds is 10. The van der Waals surface area contributed by atoms with E-state index < -0.39 is 6.09 Å². The van der Waals surface area contributed by atoms with E-state index in [1.807, 2.05) is 12.1 Å². The van der Waals surface area contributed by atoms with Gasteiger partial charge in [0.05, 0.1) is 32.1 Å². The summed E-state index contributed by atoms with van der Waals surface area (Å²) in [6.07, 6.45) is 0.867. The highest BCUT2D eigenvalue weighted by molar-refractivity contribution is 5.64. The summed E-state index contributed by atoms with van der Waals surface area (Å²) >= 11 is 0. The summed E-state index contributed by atoms with van der Waals surface area (Å²) in [6.45, 7) is 1.78. The van der Waals surface area contributed by atoms with Gasteiger partial charge in [-0.15, -0.1) is 0 Å². The van der Waals surface area contributed by atoms with Gasteiger partial charge in [0.25, 0.3) is 0 Å². The number of azide groups is 1. The summed E-state index contributed by atoms with van der Waals surface area (Å²) in [7, 11) is 0. The van der Waals surface area contributed by atoms with Gasteiger partial charge in [-0.25, -0.2) is 4.79 Å². The van der Waals surface area contributed by atoms with E-state index in [9.17, 15) is 4.79 Å². The maximum Gasteiger partial charge on any atom is 0.404 e. The fourth-order valence-corrected chi connectivity index (χ4v) is 1.34. The molecular weight excluding hydrogens is 278 g/mol. The summed E-state index contributed by atoms with van der Waals surface area (Å²) in [5.41, 5.74) is 14.6. The number of nitrogens with zero attached hydrogens (tertiary/aromatic N) is 4. The molecular formula is C12H17N5O4. The highest BCUT2D eigenvalue weighted by Gasteiger charge is 1.98. The first-order valence-corrected chi connectivity index (χ1v) is 6.24. The van der Waals surface area contributed by atoms with Gasteiger partial charge in [0.15, 0.2) is 0 Å². The number of pyridine rings is 1. The van der Waals surface area contributed by atoms with Gasteiger partial charge in [0.2, 0.25) is 0 Å². The maximum absolute atomic E-state index is 10.3. The minimum Gasteiger partial charge on any atom is -0.447 e. The molecule has 114 valence electrons. The second-order valence-electron chi connectivity index (χ2n) is 3.88. The zero-order chi connectivity index (χ0) is 15.3. The van der Waals surface area contributed by atoms with E-state index in [2.05, 4.69) is 19.7 Å². The Labute approximate surface area is 121 Å². The number of hydrogen-bond donors (Lipinski definition) is 1. The van der Waals surface area contributed by atoms with Crippen molar-refractivity contribution in [2.45, 2.75) is 13.2 Å². The zero-order valence-corrected chi connectivity index (χ0v) is 11.5. The van der Waals surface area contributed by atoms with E-state index in [1.165, 1.54) is 0 Å². The molecule has 1 amide bonds. The van der Waals surface area contributed by atoms with Crippen molar-refractivity contribution in [1.29, 1.82) is 0 Å². The first-order valence-electron chi connectivity index (χ1n) is 6.24. The van der Waals surface area contributed by atoms with E-state index in [1.54, 1.807) is 6.20 Å². The van der Waals surface area contributed by atoms with Crippen LogP contribution in [0.4, 0.5) is 4.79 Å². The number of hydrogen-bond acceptors (Lipinski definition) is 6. The Morgan fingerprint density at radius 3 is 2.76 bits per heavy atom. The topological polar surface area (TPSA) is 132 Å². The van der Waals surface area contributed by atoms with E-state index in [0.717, 1.165) is 11.3 Å². The Hall–Kier alpha value is -2.35. The molecule has 0 fully saturated rings. The molecule has 0 unspecified atom stereocenters. The predicted octanol–water partition coefficient (Wildman–Crippen LogP) is 1.52. The van der Waals surface area contributed by atoms with Gasteiger partial charge in [0, 0.05) is 17.7 Å². The highest BCUT2D eigenvalue weighted by Crippen LogP contribution is 2.03. The minimum absolute atomic E-state index is 0.125. The lowest BCUT2D eigenvalue weighted by atomic mass is 10.2. The molecule has 0 aliphatic carbocycles. The molecule has 0 spiro atoms. The Morgan fingerprint density at radius 1 is 1.29 bits per heavy atom. The van der Waals surface area contributed by atoms with Crippen LogP contribution in [0.2, 0.25) is 0 Å². The maximum atomic E-state index is 10.3. The summed E-state index contributed by atoms with van der Waals surface area (Å²) in [4.78, 5) is 17.1. The van der Waals surface area contributed by atoms with Crippen LogP contribution in [0.5, 0.6) is 0 Å². The molecule has 0 saturated carbocycles. The van der Waals surface area contributed by atoms with Crippen LogP contribution in [0.15, 0.2) is 23.4 Å². The van der Waals surface area contributed by atoms with E-state index in [4.69, 9.17) is 20.7 Å². The number of carbonyl (C=O) groups excluding carboxylic acids is 1. The van der Waals surface area contributed by atoms with Gasteiger partial charge in [0.1, 0.15) is 6.61 Å². The quantitative estimate of drug-likeness (QED) is 0.302. The van der Waals surface area contributed by atoms with Gasteiger partial charge < -0.3 is 19.9 Å². The Morgan fingerprint density at radius 2 is 2.10 bits per heavy atom. The van der Waals surface area contributed by atoms with Gasteiger partial charge >= 0.3 is 6.09 Å². The van der Waals surface area contributed by atoms with Crippen molar-refractivity contribution >= 4 is 6.09 Å². The van der Waals surface area contributed by atoms with Crippen LogP contribution in [0.3, 0.4) is 0 Å². The van der Waals surface area contributed by atoms with Gasteiger partial charge in [-0.3, -0.25) is 4.98 Å². The molecule has 0 aliphatic heterocycles. The number of nitrogens with two attached hydrogens (primary N) is 1. The number of ether oxygens (including phenoxy) is 3. The van der Waals surface area contributed by atoms with Crippen molar-refractivity contribution in [3.63, 3.8) is 0 Å². The average Bonchev–Trinajstić information content (AvgIpc) is 2.48. The third-order valence-corrected chi connectivity index (χ3v) is 2.28. The summed E-state index contributed by atoms with van der Waals surface area (Å²) < 4.78 is 15.1. The molecule has 0 aliphatic rings. The van der Waals surface area contributed by atoms with Crippen LogP contribution < -0.4 is 5.73 Å². The molecule has 21 heavy (non-hydrogen) atoms. The van der Waals surface area contributed by atoms with Crippen LogP contribution in [-0.4, -0.2) is 37.4 Å². The fourth-order valence-electron chi connectivity index (χ4n) is 1.34. The number of carbonyl (C=O) groups is 1.